The van der Waals surface area contributed by atoms with Gasteiger partial charge in [0, 0.05) is 6.54 Å². The van der Waals surface area contributed by atoms with Crippen molar-refractivity contribution in [1.82, 2.24) is 4.90 Å². The minimum Gasteiger partial charge on any atom is -0.485 e. The molecular weight excluding hydrogens is 236 g/mol. The van der Waals surface area contributed by atoms with Crippen LogP contribution in [0.25, 0.3) is 0 Å². The molecule has 3 heteroatoms. The highest BCUT2D eigenvalue weighted by atomic mass is 16.5. The molecule has 0 amide bonds. The summed E-state index contributed by atoms with van der Waals surface area (Å²) < 4.78 is 6.08. The molecule has 1 aromatic carbocycles. The van der Waals surface area contributed by atoms with Gasteiger partial charge in [0.1, 0.15) is 11.9 Å². The summed E-state index contributed by atoms with van der Waals surface area (Å²) >= 11 is 0. The van der Waals surface area contributed by atoms with E-state index in [1.165, 1.54) is 32.4 Å². The third kappa shape index (κ3) is 3.03. The zero-order valence-electron chi connectivity index (χ0n) is 11.8. The number of anilines is 1. The van der Waals surface area contributed by atoms with Crippen LogP contribution in [0.2, 0.25) is 0 Å². The van der Waals surface area contributed by atoms with Crippen molar-refractivity contribution >= 4 is 5.69 Å². The second-order valence-electron chi connectivity index (χ2n) is 5.77. The smallest absolute Gasteiger partial charge is 0.142 e. The highest BCUT2D eigenvalue weighted by Gasteiger charge is 2.24. The van der Waals surface area contributed by atoms with Crippen molar-refractivity contribution in [3.8, 4) is 5.75 Å². The van der Waals surface area contributed by atoms with Crippen LogP contribution < -0.4 is 10.1 Å². The van der Waals surface area contributed by atoms with E-state index in [1.807, 2.05) is 12.1 Å². The number of piperidine rings is 1. The summed E-state index contributed by atoms with van der Waals surface area (Å²) in [6.45, 7) is 6.76. The molecule has 0 bridgehead atoms. The van der Waals surface area contributed by atoms with Crippen LogP contribution in [0, 0.1) is 5.92 Å². The molecule has 1 aromatic rings. The van der Waals surface area contributed by atoms with Crippen molar-refractivity contribution in [2.45, 2.75) is 32.3 Å². The molecule has 0 radical (unpaired) electrons. The average molecular weight is 260 g/mol. The van der Waals surface area contributed by atoms with E-state index < -0.39 is 0 Å². The predicted molar refractivity (Wildman–Crippen MR) is 78.8 cm³/mol. The Morgan fingerprint density at radius 1 is 1.26 bits per heavy atom. The predicted octanol–water partition coefficient (Wildman–Crippen LogP) is 2.98. The monoisotopic (exact) mass is 260 g/mol. The molecule has 1 unspecified atom stereocenters. The first kappa shape index (κ1) is 12.8. The van der Waals surface area contributed by atoms with Crippen LogP contribution in [-0.4, -0.2) is 37.2 Å². The maximum absolute atomic E-state index is 6.08. The molecule has 1 fully saturated rings. The van der Waals surface area contributed by atoms with Gasteiger partial charge in [-0.3, -0.25) is 4.90 Å². The first-order chi connectivity index (χ1) is 9.35. The molecule has 2 heterocycles. The van der Waals surface area contributed by atoms with Crippen molar-refractivity contribution in [3.05, 3.63) is 24.3 Å². The largest absolute Gasteiger partial charge is 0.485 e. The maximum Gasteiger partial charge on any atom is 0.142 e. The number of hydrogen-bond acceptors (Lipinski definition) is 3. The van der Waals surface area contributed by atoms with E-state index in [4.69, 9.17) is 4.74 Å². The lowest BCUT2D eigenvalue weighted by Gasteiger charge is -2.35. The fraction of sp³-hybridized carbons (Fsp3) is 0.625. The van der Waals surface area contributed by atoms with Gasteiger partial charge in [0.25, 0.3) is 0 Å². The van der Waals surface area contributed by atoms with Gasteiger partial charge in [0.15, 0.2) is 0 Å². The Morgan fingerprint density at radius 3 is 2.84 bits per heavy atom. The molecule has 19 heavy (non-hydrogen) atoms. The van der Waals surface area contributed by atoms with Crippen LogP contribution >= 0.6 is 0 Å². The molecule has 0 aromatic heterocycles. The van der Waals surface area contributed by atoms with Crippen LogP contribution in [0.3, 0.4) is 0 Å². The van der Waals surface area contributed by atoms with Crippen molar-refractivity contribution < 1.29 is 4.74 Å². The van der Waals surface area contributed by atoms with Crippen molar-refractivity contribution in [2.75, 3.05) is 31.5 Å². The van der Waals surface area contributed by atoms with Crippen molar-refractivity contribution in [2.24, 2.45) is 5.92 Å². The lowest BCUT2D eigenvalue weighted by molar-refractivity contribution is 0.106. The van der Waals surface area contributed by atoms with Gasteiger partial charge in [-0.25, -0.2) is 0 Å². The summed E-state index contributed by atoms with van der Waals surface area (Å²) in [5, 5.41) is 3.47. The summed E-state index contributed by atoms with van der Waals surface area (Å²) in [5.74, 6) is 1.95. The number of nitrogens with one attached hydrogen (secondary N) is 1. The van der Waals surface area contributed by atoms with Gasteiger partial charge in [-0.15, -0.1) is 0 Å². The fourth-order valence-corrected chi connectivity index (χ4v) is 3.13. The molecule has 2 aliphatic rings. The first-order valence-electron chi connectivity index (χ1n) is 7.57. The summed E-state index contributed by atoms with van der Waals surface area (Å²) in [7, 11) is 0. The lowest BCUT2D eigenvalue weighted by Crippen LogP contribution is -2.44. The average Bonchev–Trinajstić information content (AvgIpc) is 2.48. The third-order valence-corrected chi connectivity index (χ3v) is 4.45. The number of benzene rings is 1. The second kappa shape index (κ2) is 5.83. The standard InChI is InChI=1S/C16H24N2O/c1-2-13-7-9-18(10-8-13)12-14-11-17-15-5-3-4-6-16(15)19-14/h3-6,13-14,17H,2,7-12H2,1H3. The molecule has 3 rings (SSSR count). The van der Waals surface area contributed by atoms with E-state index in [-0.39, 0.29) is 6.10 Å². The van der Waals surface area contributed by atoms with Gasteiger partial charge in [-0.1, -0.05) is 25.5 Å². The minimum absolute atomic E-state index is 0.285. The van der Waals surface area contributed by atoms with E-state index in [1.54, 1.807) is 0 Å². The first-order valence-corrected chi connectivity index (χ1v) is 7.57. The van der Waals surface area contributed by atoms with Crippen LogP contribution in [0.4, 0.5) is 5.69 Å². The molecule has 0 aliphatic carbocycles. The highest BCUT2D eigenvalue weighted by Crippen LogP contribution is 2.29. The van der Waals surface area contributed by atoms with Crippen molar-refractivity contribution in [3.63, 3.8) is 0 Å². The van der Waals surface area contributed by atoms with E-state index in [9.17, 15) is 0 Å². The molecule has 2 aliphatic heterocycles. The fourth-order valence-electron chi connectivity index (χ4n) is 3.13. The van der Waals surface area contributed by atoms with Gasteiger partial charge < -0.3 is 10.1 Å². The molecule has 3 nitrogen and oxygen atoms in total. The minimum atomic E-state index is 0.285. The SMILES string of the molecule is CCC1CCN(CC2CNc3ccccc3O2)CC1. The Labute approximate surface area is 115 Å². The molecule has 1 saturated heterocycles. The molecule has 0 spiro atoms. The number of ether oxygens (including phenoxy) is 1. The summed E-state index contributed by atoms with van der Waals surface area (Å²) in [6.07, 6.45) is 4.33. The molecule has 104 valence electrons. The maximum atomic E-state index is 6.08. The van der Waals surface area contributed by atoms with E-state index in [0.717, 1.165) is 30.4 Å². The Hall–Kier alpha value is -1.22. The molecular formula is C16H24N2O. The molecule has 0 saturated carbocycles. The number of hydrogen-bond donors (Lipinski definition) is 1. The lowest BCUT2D eigenvalue weighted by atomic mass is 9.94. The van der Waals surface area contributed by atoms with Crippen LogP contribution in [-0.2, 0) is 0 Å². The Bertz CT molecular complexity index is 413. The van der Waals surface area contributed by atoms with Crippen LogP contribution in [0.15, 0.2) is 24.3 Å². The summed E-state index contributed by atoms with van der Waals surface area (Å²) in [5.41, 5.74) is 1.13. The number of para-hydroxylation sites is 2. The van der Waals surface area contributed by atoms with Crippen LogP contribution in [0.1, 0.15) is 26.2 Å². The van der Waals surface area contributed by atoms with Gasteiger partial charge in [0.05, 0.1) is 12.2 Å². The molecule has 1 N–H and O–H groups in total. The van der Waals surface area contributed by atoms with Gasteiger partial charge >= 0.3 is 0 Å². The molecule has 1 atom stereocenters. The van der Waals surface area contributed by atoms with E-state index in [0.29, 0.717) is 0 Å². The normalized spacial score (nSPS) is 24.4. The van der Waals surface area contributed by atoms with Gasteiger partial charge in [-0.05, 0) is 44.0 Å². The topological polar surface area (TPSA) is 24.5 Å². The summed E-state index contributed by atoms with van der Waals surface area (Å²) in [4.78, 5) is 2.56. The highest BCUT2D eigenvalue weighted by molar-refractivity contribution is 5.57. The van der Waals surface area contributed by atoms with Gasteiger partial charge in [0.2, 0.25) is 0 Å². The number of fused-ring (bicyclic) bond motifs is 1. The Morgan fingerprint density at radius 2 is 2.05 bits per heavy atom. The number of nitrogens with zero attached hydrogens (tertiary/aromatic N) is 1. The zero-order valence-corrected chi connectivity index (χ0v) is 11.8. The summed E-state index contributed by atoms with van der Waals surface area (Å²) in [6, 6.07) is 8.22. The van der Waals surface area contributed by atoms with Gasteiger partial charge in [-0.2, -0.15) is 0 Å². The third-order valence-electron chi connectivity index (χ3n) is 4.45. The van der Waals surface area contributed by atoms with Crippen molar-refractivity contribution in [1.29, 1.82) is 0 Å². The van der Waals surface area contributed by atoms with E-state index >= 15 is 0 Å². The van der Waals surface area contributed by atoms with Crippen LogP contribution in [0.5, 0.6) is 5.75 Å². The second-order valence-corrected chi connectivity index (χ2v) is 5.77. The quantitative estimate of drug-likeness (QED) is 0.904. The Kier molecular flexibility index (Phi) is 3.92. The number of likely N-dealkylation sites (tertiary alicyclic amines) is 1. The number of rotatable bonds is 3. The van der Waals surface area contributed by atoms with E-state index in [2.05, 4.69) is 29.3 Å². The zero-order chi connectivity index (χ0) is 13.1. The Balaban J connectivity index is 1.52.